The van der Waals surface area contributed by atoms with Gasteiger partial charge >= 0.3 is 0 Å². The molecule has 0 spiro atoms. The first-order valence-electron chi connectivity index (χ1n) is 9.06. The molecule has 0 unspecified atom stereocenters. The van der Waals surface area contributed by atoms with Crippen molar-refractivity contribution in [1.82, 2.24) is 20.3 Å². The number of amides is 1. The van der Waals surface area contributed by atoms with Crippen LogP contribution in [0.5, 0.6) is 0 Å². The first-order chi connectivity index (χ1) is 12.0. The predicted octanol–water partition coefficient (Wildman–Crippen LogP) is 3.88. The summed E-state index contributed by atoms with van der Waals surface area (Å²) >= 11 is 4.30. The summed E-state index contributed by atoms with van der Waals surface area (Å²) < 4.78 is 1.70. The molecular formula is C19H26N4OS. The molecule has 1 amide bonds. The molecule has 0 saturated heterocycles. The van der Waals surface area contributed by atoms with Gasteiger partial charge in [-0.05, 0) is 30.9 Å². The van der Waals surface area contributed by atoms with Crippen LogP contribution in [0.25, 0.3) is 11.3 Å². The van der Waals surface area contributed by atoms with Crippen molar-refractivity contribution in [2.24, 2.45) is 5.92 Å². The zero-order chi connectivity index (χ0) is 17.8. The maximum atomic E-state index is 12.8. The standard InChI is InChI=1S/C19H26N4OS/c1-13(2)18(19(24)20-15-6-4-3-5-7-15)23-12-17(21-22-23)14-8-10-16(25)11-9-14/h8-13,15,18,25H,3-7H2,1-2H3,(H,20,24)/t18-/m0/s1. The molecule has 1 atom stereocenters. The smallest absolute Gasteiger partial charge is 0.245 e. The Kier molecular flexibility index (Phi) is 5.78. The average Bonchev–Trinajstić information content (AvgIpc) is 3.05. The van der Waals surface area contributed by atoms with Crippen molar-refractivity contribution in [2.45, 2.75) is 62.9 Å². The first-order valence-corrected chi connectivity index (χ1v) is 9.51. The molecule has 6 heteroatoms. The van der Waals surface area contributed by atoms with E-state index in [1.165, 1.54) is 19.3 Å². The maximum absolute atomic E-state index is 12.8. The van der Waals surface area contributed by atoms with Gasteiger partial charge in [-0.25, -0.2) is 4.68 Å². The fourth-order valence-corrected chi connectivity index (χ4v) is 3.59. The Labute approximate surface area is 154 Å². The minimum absolute atomic E-state index is 0.0454. The lowest BCUT2D eigenvalue weighted by atomic mass is 9.94. The number of hydrogen-bond acceptors (Lipinski definition) is 4. The van der Waals surface area contributed by atoms with E-state index in [1.54, 1.807) is 4.68 Å². The van der Waals surface area contributed by atoms with E-state index >= 15 is 0 Å². The maximum Gasteiger partial charge on any atom is 0.245 e. The topological polar surface area (TPSA) is 59.8 Å². The molecule has 1 fully saturated rings. The summed E-state index contributed by atoms with van der Waals surface area (Å²) in [4.78, 5) is 13.7. The third-order valence-electron chi connectivity index (χ3n) is 4.81. The van der Waals surface area contributed by atoms with Crippen LogP contribution in [-0.4, -0.2) is 26.9 Å². The van der Waals surface area contributed by atoms with Gasteiger partial charge in [0.1, 0.15) is 11.7 Å². The van der Waals surface area contributed by atoms with Gasteiger partial charge in [-0.15, -0.1) is 17.7 Å². The molecule has 1 aromatic heterocycles. The monoisotopic (exact) mass is 358 g/mol. The normalized spacial score (nSPS) is 16.8. The highest BCUT2D eigenvalue weighted by Gasteiger charge is 2.28. The second kappa shape index (κ2) is 8.04. The highest BCUT2D eigenvalue weighted by atomic mass is 32.1. The van der Waals surface area contributed by atoms with Gasteiger partial charge in [0, 0.05) is 16.5 Å². The number of carbonyl (C=O) groups is 1. The molecule has 1 heterocycles. The van der Waals surface area contributed by atoms with Gasteiger partial charge in [-0.2, -0.15) is 0 Å². The molecule has 5 nitrogen and oxygen atoms in total. The van der Waals surface area contributed by atoms with Crippen molar-refractivity contribution in [1.29, 1.82) is 0 Å². The van der Waals surface area contributed by atoms with Crippen molar-refractivity contribution in [3.8, 4) is 11.3 Å². The van der Waals surface area contributed by atoms with E-state index in [4.69, 9.17) is 0 Å². The number of rotatable bonds is 5. The van der Waals surface area contributed by atoms with Crippen molar-refractivity contribution in [3.05, 3.63) is 30.5 Å². The van der Waals surface area contributed by atoms with Crippen LogP contribution in [0.3, 0.4) is 0 Å². The Bertz CT molecular complexity index is 704. The van der Waals surface area contributed by atoms with Crippen molar-refractivity contribution < 1.29 is 4.79 Å². The Balaban J connectivity index is 1.76. The summed E-state index contributed by atoms with van der Waals surface area (Å²) in [5.41, 5.74) is 1.74. The number of benzene rings is 1. The quantitative estimate of drug-likeness (QED) is 0.798. The van der Waals surface area contributed by atoms with Crippen LogP contribution in [0.1, 0.15) is 52.0 Å². The van der Waals surface area contributed by atoms with E-state index in [1.807, 2.05) is 44.3 Å². The molecule has 1 aromatic carbocycles. The summed E-state index contributed by atoms with van der Waals surface area (Å²) in [5, 5.41) is 11.7. The molecule has 1 N–H and O–H groups in total. The van der Waals surface area contributed by atoms with Gasteiger partial charge in [0.25, 0.3) is 0 Å². The fourth-order valence-electron chi connectivity index (χ4n) is 3.44. The third-order valence-corrected chi connectivity index (χ3v) is 5.11. The van der Waals surface area contributed by atoms with Gasteiger partial charge < -0.3 is 5.32 Å². The first kappa shape index (κ1) is 18.0. The van der Waals surface area contributed by atoms with Crippen LogP contribution in [0, 0.1) is 5.92 Å². The molecular weight excluding hydrogens is 332 g/mol. The van der Waals surface area contributed by atoms with Crippen LogP contribution in [0.15, 0.2) is 35.4 Å². The van der Waals surface area contributed by atoms with Gasteiger partial charge in [0.15, 0.2) is 0 Å². The van der Waals surface area contributed by atoms with E-state index in [2.05, 4.69) is 28.3 Å². The summed E-state index contributed by atoms with van der Waals surface area (Å²) in [7, 11) is 0. The molecule has 1 aliphatic carbocycles. The average molecular weight is 359 g/mol. The van der Waals surface area contributed by atoms with Crippen molar-refractivity contribution in [3.63, 3.8) is 0 Å². The number of thiol groups is 1. The van der Waals surface area contributed by atoms with Crippen LogP contribution in [0.2, 0.25) is 0 Å². The highest BCUT2D eigenvalue weighted by molar-refractivity contribution is 7.80. The SMILES string of the molecule is CC(C)[C@@H](C(=O)NC1CCCCC1)n1cc(-c2ccc(S)cc2)nn1. The molecule has 0 aliphatic heterocycles. The van der Waals surface area contributed by atoms with E-state index in [-0.39, 0.29) is 17.9 Å². The molecule has 2 aromatic rings. The molecule has 134 valence electrons. The van der Waals surface area contributed by atoms with Gasteiger partial charge in [0.2, 0.25) is 5.91 Å². The highest BCUT2D eigenvalue weighted by Crippen LogP contribution is 2.24. The molecule has 0 bridgehead atoms. The molecule has 0 radical (unpaired) electrons. The number of carbonyl (C=O) groups excluding carboxylic acids is 1. The second-order valence-electron chi connectivity index (χ2n) is 7.16. The fraction of sp³-hybridized carbons (Fsp3) is 0.526. The lowest BCUT2D eigenvalue weighted by Crippen LogP contribution is -2.42. The van der Waals surface area contributed by atoms with Gasteiger partial charge in [-0.3, -0.25) is 4.79 Å². The summed E-state index contributed by atoms with van der Waals surface area (Å²) in [5.74, 6) is 0.182. The summed E-state index contributed by atoms with van der Waals surface area (Å²) in [6.45, 7) is 4.09. The van der Waals surface area contributed by atoms with E-state index in [9.17, 15) is 4.79 Å². The van der Waals surface area contributed by atoms with Crippen molar-refractivity contribution in [2.75, 3.05) is 0 Å². The number of nitrogens with one attached hydrogen (secondary N) is 1. The Hall–Kier alpha value is -1.82. The summed E-state index contributed by atoms with van der Waals surface area (Å²) in [6, 6.07) is 7.73. The van der Waals surface area contributed by atoms with E-state index in [0.717, 1.165) is 29.0 Å². The Morgan fingerprint density at radius 3 is 2.52 bits per heavy atom. The Morgan fingerprint density at radius 1 is 1.20 bits per heavy atom. The second-order valence-corrected chi connectivity index (χ2v) is 7.68. The summed E-state index contributed by atoms with van der Waals surface area (Å²) in [6.07, 6.45) is 7.69. The number of nitrogens with zero attached hydrogens (tertiary/aromatic N) is 3. The minimum Gasteiger partial charge on any atom is -0.352 e. The van der Waals surface area contributed by atoms with Gasteiger partial charge in [0.05, 0.1) is 6.20 Å². The van der Waals surface area contributed by atoms with Crippen molar-refractivity contribution >= 4 is 18.5 Å². The number of hydrogen-bond donors (Lipinski definition) is 2. The zero-order valence-electron chi connectivity index (χ0n) is 14.9. The molecule has 3 rings (SSSR count). The van der Waals surface area contributed by atoms with Crippen LogP contribution < -0.4 is 5.32 Å². The molecule has 1 saturated carbocycles. The predicted molar refractivity (Wildman–Crippen MR) is 102 cm³/mol. The van der Waals surface area contributed by atoms with Crippen LogP contribution in [-0.2, 0) is 4.79 Å². The Morgan fingerprint density at radius 2 is 1.88 bits per heavy atom. The lowest BCUT2D eigenvalue weighted by molar-refractivity contribution is -0.126. The van der Waals surface area contributed by atoms with Crippen LogP contribution >= 0.6 is 12.6 Å². The van der Waals surface area contributed by atoms with E-state index in [0.29, 0.717) is 6.04 Å². The van der Waals surface area contributed by atoms with E-state index < -0.39 is 0 Å². The van der Waals surface area contributed by atoms with Gasteiger partial charge in [-0.1, -0.05) is 50.5 Å². The lowest BCUT2D eigenvalue weighted by Gasteiger charge is -2.27. The number of aromatic nitrogens is 3. The molecule has 25 heavy (non-hydrogen) atoms. The zero-order valence-corrected chi connectivity index (χ0v) is 15.7. The molecule has 1 aliphatic rings. The third kappa shape index (κ3) is 4.42. The van der Waals surface area contributed by atoms with Crippen LogP contribution in [0.4, 0.5) is 0 Å². The largest absolute Gasteiger partial charge is 0.352 e. The minimum atomic E-state index is -0.340.